The molecule has 3 heterocycles. The van der Waals surface area contributed by atoms with Crippen LogP contribution in [0.2, 0.25) is 0 Å². The van der Waals surface area contributed by atoms with E-state index < -0.39 is 0 Å². The van der Waals surface area contributed by atoms with Gasteiger partial charge in [0.25, 0.3) is 5.91 Å². The number of amides is 1. The maximum atomic E-state index is 13.3. The van der Waals surface area contributed by atoms with Crippen LogP contribution < -0.4 is 4.90 Å². The molecule has 7 heteroatoms. The lowest BCUT2D eigenvalue weighted by atomic mass is 10.0. The Labute approximate surface area is 162 Å². The summed E-state index contributed by atoms with van der Waals surface area (Å²) >= 11 is 0. The third-order valence-electron chi connectivity index (χ3n) is 5.85. The Morgan fingerprint density at radius 3 is 2.63 bits per heavy atom. The number of aromatic nitrogens is 2. The maximum Gasteiger partial charge on any atom is 0.292 e. The number of aryl methyl sites for hydroxylation is 1. The lowest BCUT2D eigenvalue weighted by Crippen LogP contribution is -2.50. The molecule has 27 heavy (non-hydrogen) atoms. The van der Waals surface area contributed by atoms with E-state index in [0.717, 1.165) is 43.0 Å². The molecule has 3 rings (SSSR count). The number of anilines is 1. The van der Waals surface area contributed by atoms with Gasteiger partial charge in [-0.15, -0.1) is 0 Å². The van der Waals surface area contributed by atoms with Crippen LogP contribution in [0.1, 0.15) is 48.6 Å². The lowest BCUT2D eigenvalue weighted by molar-refractivity contribution is 0.0355. The average molecular weight is 376 g/mol. The minimum Gasteiger partial charge on any atom is -0.379 e. The molecular weight excluding hydrogens is 342 g/mol. The number of hydrogen-bond acceptors (Lipinski definition) is 6. The average Bonchev–Trinajstić information content (AvgIpc) is 3.02. The predicted octanol–water partition coefficient (Wildman–Crippen LogP) is 1.87. The van der Waals surface area contributed by atoms with Crippen LogP contribution in [-0.4, -0.2) is 84.2 Å². The molecule has 2 aliphatic rings. The molecule has 0 saturated carbocycles. The normalized spacial score (nSPS) is 23.0. The van der Waals surface area contributed by atoms with Crippen LogP contribution in [-0.2, 0) is 4.74 Å². The summed E-state index contributed by atoms with van der Waals surface area (Å²) in [5, 5.41) is 0. The molecule has 0 radical (unpaired) electrons. The van der Waals surface area contributed by atoms with E-state index >= 15 is 0 Å². The third-order valence-corrected chi connectivity index (χ3v) is 5.85. The van der Waals surface area contributed by atoms with Gasteiger partial charge in [-0.1, -0.05) is 0 Å². The van der Waals surface area contributed by atoms with Crippen molar-refractivity contribution >= 4 is 11.7 Å². The van der Waals surface area contributed by atoms with E-state index in [0.29, 0.717) is 31.6 Å². The third kappa shape index (κ3) is 4.09. The Kier molecular flexibility index (Phi) is 5.72. The molecule has 2 aliphatic heterocycles. The fourth-order valence-electron chi connectivity index (χ4n) is 3.90. The molecule has 0 bridgehead atoms. The van der Waals surface area contributed by atoms with Crippen molar-refractivity contribution in [2.24, 2.45) is 0 Å². The van der Waals surface area contributed by atoms with Crippen molar-refractivity contribution in [3.8, 4) is 0 Å². The van der Waals surface area contributed by atoms with Crippen molar-refractivity contribution in [2.75, 3.05) is 51.8 Å². The van der Waals surface area contributed by atoms with Crippen LogP contribution in [0.5, 0.6) is 0 Å². The van der Waals surface area contributed by atoms with Crippen LogP contribution in [0, 0.1) is 13.8 Å². The lowest BCUT2D eigenvalue weighted by Gasteiger charge is -2.36. The van der Waals surface area contributed by atoms with Crippen LogP contribution in [0.4, 0.5) is 5.82 Å². The van der Waals surface area contributed by atoms with Gasteiger partial charge in [0.05, 0.1) is 12.1 Å². The van der Waals surface area contributed by atoms with Gasteiger partial charge in [0.15, 0.2) is 0 Å². The largest absolute Gasteiger partial charge is 0.379 e. The first-order valence-corrected chi connectivity index (χ1v) is 9.87. The molecule has 1 atom stereocenters. The van der Waals surface area contributed by atoms with Crippen molar-refractivity contribution in [2.45, 2.75) is 52.1 Å². The number of rotatable bonds is 3. The van der Waals surface area contributed by atoms with E-state index in [9.17, 15) is 4.79 Å². The molecular formula is C20H33N5O2. The maximum absolute atomic E-state index is 13.3. The summed E-state index contributed by atoms with van der Waals surface area (Å²) in [6, 6.07) is 0.514. The van der Waals surface area contributed by atoms with E-state index in [1.165, 1.54) is 0 Å². The van der Waals surface area contributed by atoms with Gasteiger partial charge in [-0.25, -0.2) is 9.97 Å². The van der Waals surface area contributed by atoms with Crippen LogP contribution in [0.3, 0.4) is 0 Å². The predicted molar refractivity (Wildman–Crippen MR) is 106 cm³/mol. The van der Waals surface area contributed by atoms with Gasteiger partial charge in [0, 0.05) is 43.5 Å². The molecule has 0 N–H and O–H groups in total. The minimum atomic E-state index is -0.362. The van der Waals surface area contributed by atoms with Gasteiger partial charge in [-0.2, -0.15) is 0 Å². The Balaban J connectivity index is 1.90. The second-order valence-corrected chi connectivity index (χ2v) is 8.61. The van der Waals surface area contributed by atoms with E-state index in [-0.39, 0.29) is 11.4 Å². The van der Waals surface area contributed by atoms with Gasteiger partial charge in [-0.05, 0) is 54.6 Å². The summed E-state index contributed by atoms with van der Waals surface area (Å²) in [5.74, 6) is 1.11. The van der Waals surface area contributed by atoms with Gasteiger partial charge in [0.2, 0.25) is 5.82 Å². The summed E-state index contributed by atoms with van der Waals surface area (Å²) in [7, 11) is 4.23. The monoisotopic (exact) mass is 375 g/mol. The molecule has 7 nitrogen and oxygen atoms in total. The van der Waals surface area contributed by atoms with E-state index in [1.807, 2.05) is 32.6 Å². The summed E-state index contributed by atoms with van der Waals surface area (Å²) in [6.45, 7) is 11.9. The van der Waals surface area contributed by atoms with Gasteiger partial charge < -0.3 is 19.4 Å². The molecule has 0 aliphatic carbocycles. The zero-order chi connectivity index (χ0) is 19.8. The Morgan fingerprint density at radius 2 is 1.96 bits per heavy atom. The fourth-order valence-corrected chi connectivity index (χ4v) is 3.90. The van der Waals surface area contributed by atoms with Crippen LogP contribution in [0.15, 0.2) is 0 Å². The van der Waals surface area contributed by atoms with E-state index in [4.69, 9.17) is 9.72 Å². The molecule has 0 spiro atoms. The van der Waals surface area contributed by atoms with Crippen molar-refractivity contribution in [3.63, 3.8) is 0 Å². The molecule has 2 saturated heterocycles. The first-order valence-electron chi connectivity index (χ1n) is 9.87. The SMILES string of the molecule is Cc1nc(C(=O)N2CCCOCC2(C)C)nc(N2CC[C@@H](N(C)C)C2)c1C. The van der Waals surface area contributed by atoms with Crippen molar-refractivity contribution in [1.29, 1.82) is 0 Å². The topological polar surface area (TPSA) is 61.8 Å². The minimum absolute atomic E-state index is 0.0989. The van der Waals surface area contributed by atoms with Gasteiger partial charge in [-0.3, -0.25) is 4.79 Å². The highest BCUT2D eigenvalue weighted by atomic mass is 16.5. The van der Waals surface area contributed by atoms with Crippen molar-refractivity contribution in [1.82, 2.24) is 19.8 Å². The second-order valence-electron chi connectivity index (χ2n) is 8.61. The second kappa shape index (κ2) is 7.72. The van der Waals surface area contributed by atoms with Gasteiger partial charge >= 0.3 is 0 Å². The zero-order valence-electron chi connectivity index (χ0n) is 17.6. The molecule has 1 amide bonds. The molecule has 1 aromatic heterocycles. The highest BCUT2D eigenvalue weighted by Gasteiger charge is 2.35. The van der Waals surface area contributed by atoms with Crippen molar-refractivity contribution in [3.05, 3.63) is 17.1 Å². The molecule has 0 unspecified atom stereocenters. The number of likely N-dealkylation sites (N-methyl/N-ethyl adjacent to an activating group) is 1. The van der Waals surface area contributed by atoms with E-state index in [1.54, 1.807) is 0 Å². The van der Waals surface area contributed by atoms with Gasteiger partial charge in [0.1, 0.15) is 5.82 Å². The number of carbonyl (C=O) groups excluding carboxylic acids is 1. The smallest absolute Gasteiger partial charge is 0.292 e. The highest BCUT2D eigenvalue weighted by Crippen LogP contribution is 2.27. The number of hydrogen-bond donors (Lipinski definition) is 0. The van der Waals surface area contributed by atoms with Crippen LogP contribution >= 0.6 is 0 Å². The first-order chi connectivity index (χ1) is 12.7. The molecule has 0 aromatic carbocycles. The highest BCUT2D eigenvalue weighted by molar-refractivity contribution is 5.91. The van der Waals surface area contributed by atoms with E-state index in [2.05, 4.69) is 28.9 Å². The number of carbonyl (C=O) groups is 1. The Morgan fingerprint density at radius 1 is 1.22 bits per heavy atom. The van der Waals surface area contributed by atoms with Crippen LogP contribution in [0.25, 0.3) is 0 Å². The summed E-state index contributed by atoms with van der Waals surface area (Å²) in [6.07, 6.45) is 1.94. The standard InChI is InChI=1S/C20H33N5O2/c1-14-15(2)21-17(19(26)25-9-7-11-27-13-20(25,3)4)22-18(14)24-10-8-16(12-24)23(5)6/h16H,7-13H2,1-6H3/t16-/m1/s1. The summed E-state index contributed by atoms with van der Waals surface area (Å²) in [4.78, 5) is 29.0. The number of nitrogens with zero attached hydrogens (tertiary/aromatic N) is 5. The Hall–Kier alpha value is -1.73. The molecule has 1 aromatic rings. The fraction of sp³-hybridized carbons (Fsp3) is 0.750. The quantitative estimate of drug-likeness (QED) is 0.804. The molecule has 2 fully saturated rings. The first kappa shape index (κ1) is 20.0. The number of ether oxygens (including phenoxy) is 1. The zero-order valence-corrected chi connectivity index (χ0v) is 17.6. The molecule has 150 valence electrons. The van der Waals surface area contributed by atoms with Crippen molar-refractivity contribution < 1.29 is 9.53 Å². The summed E-state index contributed by atoms with van der Waals surface area (Å²) in [5.41, 5.74) is 1.57. The summed E-state index contributed by atoms with van der Waals surface area (Å²) < 4.78 is 5.66. The Bertz CT molecular complexity index is 704.